The molecule has 0 aliphatic carbocycles. The molecule has 0 fully saturated rings. The summed E-state index contributed by atoms with van der Waals surface area (Å²) in [5.74, 6) is 0.451. The fourth-order valence-electron chi connectivity index (χ4n) is 2.43. The van der Waals surface area contributed by atoms with Crippen LogP contribution in [0.4, 0.5) is 0 Å². The van der Waals surface area contributed by atoms with Crippen LogP contribution in [0.3, 0.4) is 0 Å². The van der Waals surface area contributed by atoms with Gasteiger partial charge in [0.15, 0.2) is 0 Å². The summed E-state index contributed by atoms with van der Waals surface area (Å²) < 4.78 is 6.40. The normalized spacial score (nSPS) is 11.3. The first-order valence-corrected chi connectivity index (χ1v) is 9.25. The lowest BCUT2D eigenvalue weighted by Crippen LogP contribution is -2.19. The first kappa shape index (κ1) is 18.8. The molecule has 3 aromatic rings. The molecule has 1 heterocycles. The lowest BCUT2D eigenvalue weighted by molar-refractivity contribution is 0.0950. The molecule has 3 rings (SSSR count). The Hall–Kier alpha value is -2.93. The lowest BCUT2D eigenvalue weighted by Gasteiger charge is -2.05. The Bertz CT molecular complexity index is 947. The second-order valence-corrected chi connectivity index (χ2v) is 6.68. The van der Waals surface area contributed by atoms with E-state index in [2.05, 4.69) is 36.7 Å². The molecule has 0 spiro atoms. The Morgan fingerprint density at radius 1 is 1.19 bits per heavy atom. The molecule has 0 saturated carbocycles. The van der Waals surface area contributed by atoms with Crippen molar-refractivity contribution in [3.05, 3.63) is 70.3 Å². The number of hydrazone groups is 1. The van der Waals surface area contributed by atoms with Gasteiger partial charge in [0.2, 0.25) is 0 Å². The van der Waals surface area contributed by atoms with Crippen LogP contribution < -0.4 is 10.2 Å². The number of aromatic amines is 1. The molecule has 0 radical (unpaired) electrons. The van der Waals surface area contributed by atoms with Gasteiger partial charge in [0.25, 0.3) is 5.91 Å². The minimum absolute atomic E-state index is 0.344. The maximum Gasteiger partial charge on any atom is 0.289 e. The minimum atomic E-state index is -0.351. The predicted molar refractivity (Wildman–Crippen MR) is 109 cm³/mol. The van der Waals surface area contributed by atoms with E-state index in [-0.39, 0.29) is 5.91 Å². The van der Waals surface area contributed by atoms with Crippen LogP contribution in [0.15, 0.2) is 64.2 Å². The second-order valence-electron chi connectivity index (χ2n) is 5.77. The van der Waals surface area contributed by atoms with Gasteiger partial charge in [0, 0.05) is 10.0 Å². The molecule has 2 N–H and O–H groups in total. The van der Waals surface area contributed by atoms with Crippen molar-refractivity contribution >= 4 is 27.5 Å². The van der Waals surface area contributed by atoms with Gasteiger partial charge in [-0.25, -0.2) is 5.43 Å². The summed E-state index contributed by atoms with van der Waals surface area (Å²) in [7, 11) is 0. The maximum absolute atomic E-state index is 12.3. The highest BCUT2D eigenvalue weighted by Crippen LogP contribution is 2.20. The first-order chi connectivity index (χ1) is 13.1. The van der Waals surface area contributed by atoms with Crippen LogP contribution >= 0.6 is 15.9 Å². The van der Waals surface area contributed by atoms with Crippen LogP contribution in [0.25, 0.3) is 11.3 Å². The van der Waals surface area contributed by atoms with Gasteiger partial charge in [0.05, 0.1) is 18.0 Å². The highest BCUT2D eigenvalue weighted by molar-refractivity contribution is 9.10. The number of ether oxygens (including phenoxy) is 1. The third kappa shape index (κ3) is 4.83. The van der Waals surface area contributed by atoms with Crippen LogP contribution in [0.2, 0.25) is 0 Å². The van der Waals surface area contributed by atoms with Gasteiger partial charge < -0.3 is 4.74 Å². The molecule has 1 aromatic heterocycles. The van der Waals surface area contributed by atoms with E-state index in [0.29, 0.717) is 23.7 Å². The number of nitrogens with one attached hydrogen (secondary N) is 2. The monoisotopic (exact) mass is 426 g/mol. The van der Waals surface area contributed by atoms with Gasteiger partial charge in [-0.1, -0.05) is 28.1 Å². The zero-order valence-electron chi connectivity index (χ0n) is 15.0. The van der Waals surface area contributed by atoms with Gasteiger partial charge in [-0.3, -0.25) is 9.89 Å². The number of hydrogen-bond acceptors (Lipinski definition) is 4. The molecule has 0 aliphatic rings. The van der Waals surface area contributed by atoms with E-state index in [9.17, 15) is 4.79 Å². The SMILES string of the molecule is CCOc1ccc(/C(C)=N\NC(=O)c2cc(-c3ccc(Br)cc3)n[nH]2)cc1. The number of amides is 1. The number of benzene rings is 2. The van der Waals surface area contributed by atoms with Crippen LogP contribution in [0.1, 0.15) is 29.9 Å². The number of carbonyl (C=O) groups is 1. The van der Waals surface area contributed by atoms with E-state index in [0.717, 1.165) is 21.3 Å². The number of halogens is 1. The van der Waals surface area contributed by atoms with Crippen molar-refractivity contribution in [1.82, 2.24) is 15.6 Å². The summed E-state index contributed by atoms with van der Waals surface area (Å²) in [4.78, 5) is 12.3. The van der Waals surface area contributed by atoms with Gasteiger partial charge in [-0.15, -0.1) is 0 Å². The van der Waals surface area contributed by atoms with Gasteiger partial charge in [-0.05, 0) is 61.9 Å². The van der Waals surface area contributed by atoms with E-state index < -0.39 is 0 Å². The minimum Gasteiger partial charge on any atom is -0.494 e. The molecule has 7 heteroatoms. The Kier molecular flexibility index (Phi) is 6.03. The molecule has 0 saturated heterocycles. The molecule has 27 heavy (non-hydrogen) atoms. The summed E-state index contributed by atoms with van der Waals surface area (Å²) in [5.41, 5.74) is 6.10. The van der Waals surface area contributed by atoms with Crippen molar-refractivity contribution in [3.63, 3.8) is 0 Å². The molecule has 0 aliphatic heterocycles. The summed E-state index contributed by atoms with van der Waals surface area (Å²) in [6.45, 7) is 4.39. The largest absolute Gasteiger partial charge is 0.494 e. The number of carbonyl (C=O) groups excluding carboxylic acids is 1. The number of rotatable bonds is 6. The third-order valence-electron chi connectivity index (χ3n) is 3.87. The van der Waals surface area contributed by atoms with Crippen LogP contribution in [-0.4, -0.2) is 28.4 Å². The Labute approximate surface area is 165 Å². The first-order valence-electron chi connectivity index (χ1n) is 8.46. The number of hydrogen-bond donors (Lipinski definition) is 2. The van der Waals surface area contributed by atoms with Crippen molar-refractivity contribution in [1.29, 1.82) is 0 Å². The Balaban J connectivity index is 1.66. The fourth-order valence-corrected chi connectivity index (χ4v) is 2.69. The predicted octanol–water partition coefficient (Wildman–Crippen LogP) is 4.39. The van der Waals surface area contributed by atoms with Crippen LogP contribution in [0.5, 0.6) is 5.75 Å². The molecule has 6 nitrogen and oxygen atoms in total. The number of H-pyrrole nitrogens is 1. The summed E-state index contributed by atoms with van der Waals surface area (Å²) in [6.07, 6.45) is 0. The summed E-state index contributed by atoms with van der Waals surface area (Å²) in [6, 6.07) is 16.9. The number of aromatic nitrogens is 2. The molecule has 138 valence electrons. The number of nitrogens with zero attached hydrogens (tertiary/aromatic N) is 2. The lowest BCUT2D eigenvalue weighted by atomic mass is 10.1. The Morgan fingerprint density at radius 2 is 1.89 bits per heavy atom. The zero-order valence-corrected chi connectivity index (χ0v) is 16.6. The Morgan fingerprint density at radius 3 is 2.56 bits per heavy atom. The van der Waals surface area contributed by atoms with E-state index in [1.165, 1.54) is 0 Å². The van der Waals surface area contributed by atoms with Gasteiger partial charge in [-0.2, -0.15) is 10.2 Å². The highest BCUT2D eigenvalue weighted by Gasteiger charge is 2.11. The molecule has 2 aromatic carbocycles. The van der Waals surface area contributed by atoms with E-state index in [1.807, 2.05) is 62.4 Å². The van der Waals surface area contributed by atoms with Crippen LogP contribution in [0, 0.1) is 0 Å². The zero-order chi connectivity index (χ0) is 19.2. The van der Waals surface area contributed by atoms with Crippen molar-refractivity contribution in [2.24, 2.45) is 5.10 Å². The smallest absolute Gasteiger partial charge is 0.289 e. The average Bonchev–Trinajstić information content (AvgIpc) is 3.17. The van der Waals surface area contributed by atoms with E-state index >= 15 is 0 Å². The summed E-state index contributed by atoms with van der Waals surface area (Å²) in [5, 5.41) is 11.1. The fraction of sp³-hybridized carbons (Fsp3) is 0.150. The van der Waals surface area contributed by atoms with Crippen molar-refractivity contribution in [2.45, 2.75) is 13.8 Å². The third-order valence-corrected chi connectivity index (χ3v) is 4.40. The van der Waals surface area contributed by atoms with Crippen LogP contribution in [-0.2, 0) is 0 Å². The second kappa shape index (κ2) is 8.64. The quantitative estimate of drug-likeness (QED) is 0.452. The standard InChI is InChI=1S/C20H19BrN4O2/c1-3-27-17-10-6-14(7-11-17)13(2)22-25-20(26)19-12-18(23-24-19)15-4-8-16(21)9-5-15/h4-12H,3H2,1-2H3,(H,23,24)(H,25,26)/b22-13-. The van der Waals surface area contributed by atoms with Crippen molar-refractivity contribution in [3.8, 4) is 17.0 Å². The molecular formula is C20H19BrN4O2. The maximum atomic E-state index is 12.3. The molecule has 0 unspecified atom stereocenters. The molecule has 1 amide bonds. The highest BCUT2D eigenvalue weighted by atomic mass is 79.9. The summed E-state index contributed by atoms with van der Waals surface area (Å²) >= 11 is 3.40. The van der Waals surface area contributed by atoms with Crippen molar-refractivity contribution < 1.29 is 9.53 Å². The van der Waals surface area contributed by atoms with E-state index in [1.54, 1.807) is 6.07 Å². The van der Waals surface area contributed by atoms with Gasteiger partial charge in [0.1, 0.15) is 11.4 Å². The van der Waals surface area contributed by atoms with E-state index in [4.69, 9.17) is 4.74 Å². The molecule has 0 atom stereocenters. The molecule has 0 bridgehead atoms. The average molecular weight is 427 g/mol. The van der Waals surface area contributed by atoms with Crippen molar-refractivity contribution in [2.75, 3.05) is 6.61 Å². The topological polar surface area (TPSA) is 79.4 Å². The van der Waals surface area contributed by atoms with Gasteiger partial charge >= 0.3 is 0 Å². The molecular weight excluding hydrogens is 408 g/mol.